The minimum atomic E-state index is -0.659. The van der Waals surface area contributed by atoms with E-state index in [1.165, 1.54) is 6.08 Å². The van der Waals surface area contributed by atoms with Crippen LogP contribution in [0.25, 0.3) is 0 Å². The van der Waals surface area contributed by atoms with E-state index >= 15 is 0 Å². The summed E-state index contributed by atoms with van der Waals surface area (Å²) in [5.74, 6) is 0. The second-order valence-electron chi connectivity index (χ2n) is 2.91. The quantitative estimate of drug-likeness (QED) is 0.697. The fraction of sp³-hybridized carbons (Fsp3) is 0.571. The van der Waals surface area contributed by atoms with Crippen molar-refractivity contribution in [3.05, 3.63) is 10.6 Å². The monoisotopic (exact) mass is 261 g/mol. The maximum Gasteiger partial charge on any atom is 0.161 e. The molecular formula is C7H7Cl4NO. The van der Waals surface area contributed by atoms with Crippen LogP contribution >= 0.6 is 46.4 Å². The summed E-state index contributed by atoms with van der Waals surface area (Å²) < 4.78 is 0.104. The summed E-state index contributed by atoms with van der Waals surface area (Å²) in [6.07, 6.45) is 1.94. The molecule has 0 saturated heterocycles. The molecule has 1 rings (SSSR count). The van der Waals surface area contributed by atoms with Gasteiger partial charge in [0.2, 0.25) is 0 Å². The fourth-order valence-corrected chi connectivity index (χ4v) is 1.87. The standard InChI is InChI=1S/C7H7Cl4NO/c1-7(3-6(11)12-13-7)4(8)2-5(9)10/h2,4H,3H2,1H3/t4-,7-/m1/s1. The summed E-state index contributed by atoms with van der Waals surface area (Å²) in [7, 11) is 0. The van der Waals surface area contributed by atoms with Crippen LogP contribution in [0.1, 0.15) is 13.3 Å². The van der Waals surface area contributed by atoms with E-state index in [4.69, 9.17) is 51.2 Å². The zero-order valence-electron chi connectivity index (χ0n) is 6.73. The van der Waals surface area contributed by atoms with Gasteiger partial charge in [0.25, 0.3) is 0 Å². The summed E-state index contributed by atoms with van der Waals surface area (Å²) in [6.45, 7) is 1.79. The Balaban J connectivity index is 2.68. The summed E-state index contributed by atoms with van der Waals surface area (Å²) >= 11 is 22.6. The van der Waals surface area contributed by atoms with E-state index in [0.717, 1.165) is 0 Å². The van der Waals surface area contributed by atoms with Gasteiger partial charge in [0.05, 0.1) is 5.38 Å². The molecule has 0 amide bonds. The smallest absolute Gasteiger partial charge is 0.161 e. The summed E-state index contributed by atoms with van der Waals surface area (Å²) in [6, 6.07) is 0. The molecular weight excluding hydrogens is 256 g/mol. The molecule has 0 unspecified atom stereocenters. The number of oxime groups is 1. The minimum Gasteiger partial charge on any atom is -0.386 e. The van der Waals surface area contributed by atoms with Crippen LogP contribution in [-0.4, -0.2) is 16.1 Å². The van der Waals surface area contributed by atoms with Gasteiger partial charge in [-0.15, -0.1) is 11.6 Å². The molecule has 0 aromatic rings. The van der Waals surface area contributed by atoms with Crippen molar-refractivity contribution in [2.45, 2.75) is 24.3 Å². The van der Waals surface area contributed by atoms with Gasteiger partial charge < -0.3 is 4.84 Å². The van der Waals surface area contributed by atoms with Gasteiger partial charge in [-0.3, -0.25) is 0 Å². The molecule has 1 aliphatic rings. The first-order valence-electron chi connectivity index (χ1n) is 3.51. The maximum atomic E-state index is 5.99. The number of hydrogen-bond acceptors (Lipinski definition) is 2. The zero-order chi connectivity index (χ0) is 10.1. The highest BCUT2D eigenvalue weighted by Gasteiger charge is 2.40. The Labute approximate surface area is 96.4 Å². The van der Waals surface area contributed by atoms with E-state index in [1.807, 2.05) is 0 Å². The second-order valence-corrected chi connectivity index (χ2v) is 4.82. The molecule has 1 heterocycles. The maximum absolute atomic E-state index is 5.99. The van der Waals surface area contributed by atoms with Crippen LogP contribution < -0.4 is 0 Å². The Morgan fingerprint density at radius 2 is 2.31 bits per heavy atom. The first kappa shape index (κ1) is 11.4. The van der Waals surface area contributed by atoms with Crippen LogP contribution in [0, 0.1) is 0 Å². The third-order valence-corrected chi connectivity index (χ3v) is 2.75. The lowest BCUT2D eigenvalue weighted by Gasteiger charge is -2.24. The van der Waals surface area contributed by atoms with Crippen LogP contribution in [-0.2, 0) is 4.84 Å². The molecule has 0 saturated carbocycles. The van der Waals surface area contributed by atoms with Crippen molar-refractivity contribution < 1.29 is 4.84 Å². The molecule has 1 aliphatic heterocycles. The van der Waals surface area contributed by atoms with Crippen molar-refractivity contribution in [1.29, 1.82) is 0 Å². The van der Waals surface area contributed by atoms with Crippen LogP contribution in [0.2, 0.25) is 0 Å². The van der Waals surface area contributed by atoms with E-state index in [-0.39, 0.29) is 4.49 Å². The van der Waals surface area contributed by atoms with Gasteiger partial charge >= 0.3 is 0 Å². The van der Waals surface area contributed by atoms with Gasteiger partial charge in [-0.25, -0.2) is 0 Å². The number of alkyl halides is 1. The van der Waals surface area contributed by atoms with Crippen molar-refractivity contribution in [1.82, 2.24) is 0 Å². The van der Waals surface area contributed by atoms with E-state index in [9.17, 15) is 0 Å². The van der Waals surface area contributed by atoms with Gasteiger partial charge in [0.15, 0.2) is 5.60 Å². The fourth-order valence-electron chi connectivity index (χ4n) is 0.943. The molecule has 0 aliphatic carbocycles. The lowest BCUT2D eigenvalue weighted by atomic mass is 9.99. The van der Waals surface area contributed by atoms with Crippen molar-refractivity contribution in [2.75, 3.05) is 0 Å². The highest BCUT2D eigenvalue weighted by Crippen LogP contribution is 2.33. The molecule has 0 N–H and O–H groups in total. The van der Waals surface area contributed by atoms with Crippen molar-refractivity contribution in [2.24, 2.45) is 5.16 Å². The largest absolute Gasteiger partial charge is 0.386 e. The molecule has 6 heteroatoms. The normalized spacial score (nSPS) is 29.2. The van der Waals surface area contributed by atoms with Gasteiger partial charge in [-0.2, -0.15) is 0 Å². The highest BCUT2D eigenvalue weighted by atomic mass is 35.5. The number of rotatable bonds is 2. The molecule has 0 fully saturated rings. The van der Waals surface area contributed by atoms with Crippen molar-refractivity contribution >= 4 is 51.6 Å². The molecule has 0 aromatic heterocycles. The molecule has 2 nitrogen and oxygen atoms in total. The van der Waals surface area contributed by atoms with Crippen LogP contribution in [0.3, 0.4) is 0 Å². The molecule has 0 aromatic carbocycles. The average molecular weight is 263 g/mol. The van der Waals surface area contributed by atoms with Gasteiger partial charge in [-0.05, 0) is 13.0 Å². The van der Waals surface area contributed by atoms with E-state index in [0.29, 0.717) is 11.6 Å². The summed E-state index contributed by atoms with van der Waals surface area (Å²) in [5, 5.41) is 3.53. The summed E-state index contributed by atoms with van der Waals surface area (Å²) in [5.41, 5.74) is -0.659. The topological polar surface area (TPSA) is 21.6 Å². The van der Waals surface area contributed by atoms with Crippen LogP contribution in [0.15, 0.2) is 15.7 Å². The molecule has 13 heavy (non-hydrogen) atoms. The Morgan fingerprint density at radius 3 is 2.69 bits per heavy atom. The molecule has 0 bridgehead atoms. The number of halogens is 4. The van der Waals surface area contributed by atoms with Crippen LogP contribution in [0.5, 0.6) is 0 Å². The first-order valence-corrected chi connectivity index (χ1v) is 5.08. The lowest BCUT2D eigenvalue weighted by molar-refractivity contribution is 0.00200. The highest BCUT2D eigenvalue weighted by molar-refractivity contribution is 6.65. The van der Waals surface area contributed by atoms with Crippen molar-refractivity contribution in [3.63, 3.8) is 0 Å². The average Bonchev–Trinajstić information content (AvgIpc) is 2.31. The van der Waals surface area contributed by atoms with Crippen molar-refractivity contribution in [3.8, 4) is 0 Å². The van der Waals surface area contributed by atoms with Gasteiger partial charge in [0, 0.05) is 6.42 Å². The molecule has 0 spiro atoms. The summed E-state index contributed by atoms with van der Waals surface area (Å²) in [4.78, 5) is 5.08. The zero-order valence-corrected chi connectivity index (χ0v) is 9.75. The Bertz CT molecular complexity index is 261. The van der Waals surface area contributed by atoms with E-state index < -0.39 is 11.0 Å². The molecule has 0 radical (unpaired) electrons. The lowest BCUT2D eigenvalue weighted by Crippen LogP contribution is -2.34. The number of nitrogens with zero attached hydrogens (tertiary/aromatic N) is 1. The predicted molar refractivity (Wildman–Crippen MR) is 56.8 cm³/mol. The van der Waals surface area contributed by atoms with E-state index in [2.05, 4.69) is 5.16 Å². The molecule has 74 valence electrons. The Hall–Kier alpha value is 0.370. The third kappa shape index (κ3) is 2.91. The van der Waals surface area contributed by atoms with Gasteiger partial charge in [0.1, 0.15) is 9.66 Å². The third-order valence-electron chi connectivity index (χ3n) is 1.71. The van der Waals surface area contributed by atoms with E-state index in [1.54, 1.807) is 6.92 Å². The SMILES string of the molecule is C[C@]1([C@H](Cl)C=C(Cl)Cl)CC(Cl)=NO1. The Morgan fingerprint density at radius 1 is 1.69 bits per heavy atom. The molecule has 2 atom stereocenters. The van der Waals surface area contributed by atoms with Gasteiger partial charge in [-0.1, -0.05) is 40.0 Å². The first-order chi connectivity index (χ1) is 5.94. The predicted octanol–water partition coefficient (Wildman–Crippen LogP) is 3.64. The second kappa shape index (κ2) is 4.26. The minimum absolute atomic E-state index is 0.104. The van der Waals surface area contributed by atoms with Crippen LogP contribution in [0.4, 0.5) is 0 Å². The number of hydrogen-bond donors (Lipinski definition) is 0. The Kier molecular flexibility index (Phi) is 3.75.